The molecule has 0 radical (unpaired) electrons. The van der Waals surface area contributed by atoms with E-state index in [2.05, 4.69) is 5.32 Å². The molecule has 1 aliphatic heterocycles. The summed E-state index contributed by atoms with van der Waals surface area (Å²) >= 11 is 1.67. The Morgan fingerprint density at radius 2 is 2.55 bits per heavy atom. The number of fused-ring (bicyclic) bond motifs is 1. The first-order valence-electron chi connectivity index (χ1n) is 3.30. The topological polar surface area (TPSA) is 49.3 Å². The summed E-state index contributed by atoms with van der Waals surface area (Å²) in [5, 5.41) is 11.8. The van der Waals surface area contributed by atoms with Crippen molar-refractivity contribution in [2.24, 2.45) is 0 Å². The average molecular weight is 169 g/mol. The van der Waals surface area contributed by atoms with Crippen LogP contribution in [0.5, 0.6) is 0 Å². The van der Waals surface area contributed by atoms with E-state index in [4.69, 9.17) is 5.11 Å². The lowest BCUT2D eigenvalue weighted by Crippen LogP contribution is -2.26. The Hall–Kier alpha value is -0.740. The van der Waals surface area contributed by atoms with Crippen LogP contribution in [0.15, 0.2) is 22.6 Å². The van der Waals surface area contributed by atoms with Crippen LogP contribution in [-0.4, -0.2) is 23.0 Å². The summed E-state index contributed by atoms with van der Waals surface area (Å²) in [6.07, 6.45) is 3.54. The molecule has 2 N–H and O–H groups in total. The second-order valence-electron chi connectivity index (χ2n) is 2.42. The molecule has 1 aliphatic carbocycles. The molecule has 0 spiro atoms. The minimum absolute atomic E-state index is 0.0301. The van der Waals surface area contributed by atoms with Crippen LogP contribution >= 0.6 is 11.8 Å². The SMILES string of the molecule is O=C(O)C1=CC=C2SCNC21. The standard InChI is InChI=1S/C7H7NO2S/c9-7(10)4-1-2-5-6(4)8-3-11-5/h1-2,6,8H,3H2,(H,9,10). The third-order valence-corrected chi connectivity index (χ3v) is 2.81. The van der Waals surface area contributed by atoms with Crippen LogP contribution in [-0.2, 0) is 4.79 Å². The van der Waals surface area contributed by atoms with Crippen molar-refractivity contribution < 1.29 is 9.90 Å². The summed E-state index contributed by atoms with van der Waals surface area (Å²) in [4.78, 5) is 11.7. The molecule has 58 valence electrons. The van der Waals surface area contributed by atoms with E-state index >= 15 is 0 Å². The van der Waals surface area contributed by atoms with Crippen LogP contribution in [0.25, 0.3) is 0 Å². The molecule has 0 aromatic rings. The molecule has 0 bridgehead atoms. The fourth-order valence-corrected chi connectivity index (χ4v) is 2.22. The predicted molar refractivity (Wildman–Crippen MR) is 43.2 cm³/mol. The van der Waals surface area contributed by atoms with Crippen molar-refractivity contribution in [2.45, 2.75) is 6.04 Å². The highest BCUT2D eigenvalue weighted by Crippen LogP contribution is 2.33. The molecule has 0 aromatic carbocycles. The zero-order valence-electron chi connectivity index (χ0n) is 5.70. The van der Waals surface area contributed by atoms with Crippen LogP contribution in [0, 0.1) is 0 Å². The van der Waals surface area contributed by atoms with Crippen molar-refractivity contribution in [3.05, 3.63) is 22.6 Å². The molecule has 0 saturated carbocycles. The molecule has 4 heteroatoms. The van der Waals surface area contributed by atoms with Gasteiger partial charge in [-0.2, -0.15) is 0 Å². The van der Waals surface area contributed by atoms with Crippen LogP contribution in [0.1, 0.15) is 0 Å². The van der Waals surface area contributed by atoms with Crippen LogP contribution in [0.2, 0.25) is 0 Å². The van der Waals surface area contributed by atoms with Crippen molar-refractivity contribution in [3.8, 4) is 0 Å². The molecule has 0 amide bonds. The molecular formula is C7H7NO2S. The maximum Gasteiger partial charge on any atom is 0.333 e. The van der Waals surface area contributed by atoms with Crippen LogP contribution in [0.4, 0.5) is 0 Å². The van der Waals surface area contributed by atoms with E-state index in [0.717, 1.165) is 10.8 Å². The summed E-state index contributed by atoms with van der Waals surface area (Å²) in [5.41, 5.74) is 0.463. The number of hydrogen-bond acceptors (Lipinski definition) is 3. The summed E-state index contributed by atoms with van der Waals surface area (Å²) in [5.74, 6) is -0.00236. The van der Waals surface area contributed by atoms with Gasteiger partial charge in [-0.05, 0) is 6.08 Å². The van der Waals surface area contributed by atoms with E-state index in [1.165, 1.54) is 0 Å². The molecule has 2 aliphatic rings. The molecule has 1 unspecified atom stereocenters. The van der Waals surface area contributed by atoms with E-state index in [0.29, 0.717) is 5.57 Å². The van der Waals surface area contributed by atoms with E-state index in [1.807, 2.05) is 6.08 Å². The summed E-state index contributed by atoms with van der Waals surface area (Å²) in [7, 11) is 0. The minimum Gasteiger partial charge on any atom is -0.478 e. The van der Waals surface area contributed by atoms with Gasteiger partial charge in [0.2, 0.25) is 0 Å². The molecule has 1 heterocycles. The number of aliphatic carboxylic acids is 1. The Balaban J connectivity index is 2.24. The Morgan fingerprint density at radius 3 is 3.27 bits per heavy atom. The van der Waals surface area contributed by atoms with Gasteiger partial charge in [0.1, 0.15) is 0 Å². The smallest absolute Gasteiger partial charge is 0.333 e. The Bertz CT molecular complexity index is 270. The van der Waals surface area contributed by atoms with Crippen molar-refractivity contribution in [1.82, 2.24) is 5.32 Å². The largest absolute Gasteiger partial charge is 0.478 e. The average Bonchev–Trinajstić information content (AvgIpc) is 2.41. The lowest BCUT2D eigenvalue weighted by Gasteiger charge is -2.06. The Kier molecular flexibility index (Phi) is 1.51. The quantitative estimate of drug-likeness (QED) is 0.602. The number of hydrogen-bond donors (Lipinski definition) is 2. The molecular weight excluding hydrogens is 162 g/mol. The van der Waals surface area contributed by atoms with E-state index < -0.39 is 5.97 Å². The lowest BCUT2D eigenvalue weighted by atomic mass is 10.1. The third kappa shape index (κ3) is 0.985. The van der Waals surface area contributed by atoms with Gasteiger partial charge in [-0.3, -0.25) is 5.32 Å². The van der Waals surface area contributed by atoms with Gasteiger partial charge in [0, 0.05) is 10.8 Å². The van der Waals surface area contributed by atoms with Crippen LogP contribution in [0.3, 0.4) is 0 Å². The number of allylic oxidation sites excluding steroid dienone is 2. The highest BCUT2D eigenvalue weighted by atomic mass is 32.2. The minimum atomic E-state index is -0.823. The molecule has 1 atom stereocenters. The number of rotatable bonds is 1. The molecule has 1 fully saturated rings. The number of thioether (sulfide) groups is 1. The number of carbonyl (C=O) groups is 1. The first kappa shape index (κ1) is 6.94. The first-order chi connectivity index (χ1) is 5.29. The van der Waals surface area contributed by atoms with Crippen LogP contribution < -0.4 is 5.32 Å². The maximum absolute atomic E-state index is 10.6. The van der Waals surface area contributed by atoms with E-state index in [1.54, 1.807) is 17.8 Å². The number of carboxylic acids is 1. The van der Waals surface area contributed by atoms with Gasteiger partial charge in [-0.25, -0.2) is 4.79 Å². The van der Waals surface area contributed by atoms with Gasteiger partial charge in [0.25, 0.3) is 0 Å². The summed E-state index contributed by atoms with van der Waals surface area (Å²) < 4.78 is 0. The fourth-order valence-electron chi connectivity index (χ4n) is 1.26. The van der Waals surface area contributed by atoms with E-state index in [-0.39, 0.29) is 6.04 Å². The Morgan fingerprint density at radius 1 is 1.73 bits per heavy atom. The number of nitrogens with one attached hydrogen (secondary N) is 1. The van der Waals surface area contributed by atoms with Crippen molar-refractivity contribution >= 4 is 17.7 Å². The fraction of sp³-hybridized carbons (Fsp3) is 0.286. The zero-order chi connectivity index (χ0) is 7.84. The summed E-state index contributed by atoms with van der Waals surface area (Å²) in [6, 6.07) is -0.0301. The zero-order valence-corrected chi connectivity index (χ0v) is 6.52. The van der Waals surface area contributed by atoms with Gasteiger partial charge < -0.3 is 5.11 Å². The highest BCUT2D eigenvalue weighted by Gasteiger charge is 2.31. The predicted octanol–water partition coefficient (Wildman–Crippen LogP) is 0.557. The molecule has 3 nitrogen and oxygen atoms in total. The second-order valence-corrected chi connectivity index (χ2v) is 3.47. The van der Waals surface area contributed by atoms with Crippen molar-refractivity contribution in [2.75, 3.05) is 5.88 Å². The molecule has 1 saturated heterocycles. The molecule has 2 rings (SSSR count). The second kappa shape index (κ2) is 2.39. The molecule has 11 heavy (non-hydrogen) atoms. The lowest BCUT2D eigenvalue weighted by molar-refractivity contribution is -0.132. The summed E-state index contributed by atoms with van der Waals surface area (Å²) in [6.45, 7) is 0. The van der Waals surface area contributed by atoms with Gasteiger partial charge in [-0.15, -0.1) is 11.8 Å². The van der Waals surface area contributed by atoms with Gasteiger partial charge in [0.15, 0.2) is 0 Å². The monoisotopic (exact) mass is 169 g/mol. The van der Waals surface area contributed by atoms with Gasteiger partial charge in [-0.1, -0.05) is 6.08 Å². The number of carboxylic acid groups (broad SMARTS) is 1. The normalized spacial score (nSPS) is 27.8. The van der Waals surface area contributed by atoms with Gasteiger partial charge in [0.05, 0.1) is 11.6 Å². The molecule has 0 aromatic heterocycles. The van der Waals surface area contributed by atoms with Crippen molar-refractivity contribution in [3.63, 3.8) is 0 Å². The maximum atomic E-state index is 10.6. The third-order valence-electron chi connectivity index (χ3n) is 1.80. The highest BCUT2D eigenvalue weighted by molar-refractivity contribution is 8.03. The Labute approximate surface area is 68.2 Å². The first-order valence-corrected chi connectivity index (χ1v) is 4.29. The van der Waals surface area contributed by atoms with Crippen molar-refractivity contribution in [1.29, 1.82) is 0 Å². The van der Waals surface area contributed by atoms with E-state index in [9.17, 15) is 4.79 Å². The van der Waals surface area contributed by atoms with Gasteiger partial charge >= 0.3 is 5.97 Å².